The number of rotatable bonds is 3. The van der Waals surface area contributed by atoms with Crippen LogP contribution in [0.25, 0.3) is 0 Å². The predicted octanol–water partition coefficient (Wildman–Crippen LogP) is 1.27. The molecular weight excluding hydrogens is 194 g/mol. The molecule has 0 saturated carbocycles. The molecule has 1 aliphatic heterocycles. The van der Waals surface area contributed by atoms with Crippen molar-refractivity contribution in [2.75, 3.05) is 0 Å². The van der Waals surface area contributed by atoms with E-state index in [9.17, 15) is 4.79 Å². The lowest BCUT2D eigenvalue weighted by atomic mass is 10.3. The molecule has 2 atom stereocenters. The fourth-order valence-corrected chi connectivity index (χ4v) is 1.40. The third-order valence-corrected chi connectivity index (χ3v) is 2.19. The number of hydrogen-bond acceptors (Lipinski definition) is 3. The van der Waals surface area contributed by atoms with Crippen molar-refractivity contribution in [3.05, 3.63) is 30.3 Å². The number of amides is 1. The third kappa shape index (κ3) is 2.10. The minimum absolute atomic E-state index is 0.124. The number of para-hydroxylation sites is 1. The van der Waals surface area contributed by atoms with Gasteiger partial charge in [0.2, 0.25) is 5.91 Å². The monoisotopic (exact) mass is 207 g/mol. The Morgan fingerprint density at radius 1 is 1.47 bits per heavy atom. The predicted molar refractivity (Wildman–Crippen MR) is 54.2 cm³/mol. The standard InChI is InChI=1S/C11H13NO3/c1-8-11(14-8,12-9(2)13)15-10-6-4-3-5-7-10/h3-8H,1-2H3,(H,12,13). The Hall–Kier alpha value is -1.55. The van der Waals surface area contributed by atoms with E-state index in [1.54, 1.807) is 0 Å². The van der Waals surface area contributed by atoms with Crippen LogP contribution in [-0.2, 0) is 9.53 Å². The van der Waals surface area contributed by atoms with Crippen LogP contribution in [0.15, 0.2) is 30.3 Å². The van der Waals surface area contributed by atoms with Crippen molar-refractivity contribution >= 4 is 5.91 Å². The number of hydrogen-bond donors (Lipinski definition) is 1. The largest absolute Gasteiger partial charge is 0.442 e. The summed E-state index contributed by atoms with van der Waals surface area (Å²) in [5.41, 5.74) is 0. The molecule has 1 aliphatic rings. The lowest BCUT2D eigenvalue weighted by molar-refractivity contribution is -0.124. The second kappa shape index (κ2) is 3.55. The summed E-state index contributed by atoms with van der Waals surface area (Å²) in [5, 5.41) is 2.65. The van der Waals surface area contributed by atoms with Gasteiger partial charge in [0.05, 0.1) is 0 Å². The van der Waals surface area contributed by atoms with Gasteiger partial charge in [-0.3, -0.25) is 10.1 Å². The average Bonchev–Trinajstić information content (AvgIpc) is 2.76. The summed E-state index contributed by atoms with van der Waals surface area (Å²) in [4.78, 5) is 11.0. The first-order chi connectivity index (χ1) is 7.12. The zero-order chi connectivity index (χ0) is 10.9. The van der Waals surface area contributed by atoms with Crippen molar-refractivity contribution in [1.82, 2.24) is 5.32 Å². The van der Waals surface area contributed by atoms with Crippen LogP contribution in [-0.4, -0.2) is 17.9 Å². The Morgan fingerprint density at radius 2 is 2.07 bits per heavy atom. The Labute approximate surface area is 88.2 Å². The number of epoxide rings is 1. The Kier molecular flexibility index (Phi) is 2.36. The minimum atomic E-state index is -0.965. The van der Waals surface area contributed by atoms with Gasteiger partial charge in [-0.2, -0.15) is 0 Å². The second-order valence-electron chi connectivity index (χ2n) is 3.52. The summed E-state index contributed by atoms with van der Waals surface area (Å²) in [6.45, 7) is 3.28. The lowest BCUT2D eigenvalue weighted by Gasteiger charge is -2.15. The molecule has 80 valence electrons. The van der Waals surface area contributed by atoms with Crippen LogP contribution in [0.2, 0.25) is 0 Å². The van der Waals surface area contributed by atoms with E-state index >= 15 is 0 Å². The summed E-state index contributed by atoms with van der Waals surface area (Å²) < 4.78 is 10.8. The van der Waals surface area contributed by atoms with Crippen molar-refractivity contribution in [3.63, 3.8) is 0 Å². The molecule has 0 radical (unpaired) electrons. The molecule has 1 fully saturated rings. The fourth-order valence-electron chi connectivity index (χ4n) is 1.40. The molecule has 15 heavy (non-hydrogen) atoms. The maximum atomic E-state index is 11.0. The molecule has 1 amide bonds. The van der Waals surface area contributed by atoms with Crippen LogP contribution >= 0.6 is 0 Å². The molecule has 1 saturated heterocycles. The molecule has 4 nitrogen and oxygen atoms in total. The number of carbonyl (C=O) groups excluding carboxylic acids is 1. The zero-order valence-corrected chi connectivity index (χ0v) is 8.69. The van der Waals surface area contributed by atoms with E-state index in [4.69, 9.17) is 9.47 Å². The van der Waals surface area contributed by atoms with Crippen LogP contribution in [0.5, 0.6) is 5.75 Å². The van der Waals surface area contributed by atoms with E-state index in [0.717, 1.165) is 0 Å². The highest BCUT2D eigenvalue weighted by atomic mass is 16.8. The maximum Gasteiger partial charge on any atom is 0.322 e. The Balaban J connectivity index is 2.07. The molecule has 1 aromatic carbocycles. The van der Waals surface area contributed by atoms with E-state index < -0.39 is 5.91 Å². The molecule has 2 unspecified atom stereocenters. The first-order valence-corrected chi connectivity index (χ1v) is 4.83. The number of ether oxygens (including phenoxy) is 2. The summed E-state index contributed by atoms with van der Waals surface area (Å²) in [6.07, 6.45) is -0.124. The Morgan fingerprint density at radius 3 is 2.53 bits per heavy atom. The molecular formula is C11H13NO3. The van der Waals surface area contributed by atoms with Gasteiger partial charge in [-0.25, -0.2) is 0 Å². The van der Waals surface area contributed by atoms with E-state index in [0.29, 0.717) is 5.75 Å². The van der Waals surface area contributed by atoms with Crippen molar-refractivity contribution in [2.24, 2.45) is 0 Å². The summed E-state index contributed by atoms with van der Waals surface area (Å²) in [7, 11) is 0. The van der Waals surface area contributed by atoms with Crippen LogP contribution < -0.4 is 10.1 Å². The summed E-state index contributed by atoms with van der Waals surface area (Å²) in [5.74, 6) is -0.460. The average molecular weight is 207 g/mol. The normalized spacial score (nSPS) is 28.3. The molecule has 4 heteroatoms. The Bertz CT molecular complexity index is 365. The van der Waals surface area contributed by atoms with Gasteiger partial charge in [-0.1, -0.05) is 18.2 Å². The highest BCUT2D eigenvalue weighted by molar-refractivity contribution is 5.73. The van der Waals surface area contributed by atoms with Gasteiger partial charge in [0.15, 0.2) is 0 Å². The quantitative estimate of drug-likeness (QED) is 0.600. The first kappa shape index (κ1) is 9.98. The first-order valence-electron chi connectivity index (χ1n) is 4.83. The number of nitrogens with one attached hydrogen (secondary N) is 1. The zero-order valence-electron chi connectivity index (χ0n) is 8.69. The van der Waals surface area contributed by atoms with Crippen molar-refractivity contribution < 1.29 is 14.3 Å². The van der Waals surface area contributed by atoms with Gasteiger partial charge in [0.1, 0.15) is 11.9 Å². The van der Waals surface area contributed by atoms with E-state index in [2.05, 4.69) is 5.32 Å². The smallest absolute Gasteiger partial charge is 0.322 e. The summed E-state index contributed by atoms with van der Waals surface area (Å²) in [6, 6.07) is 9.26. The minimum Gasteiger partial charge on any atom is -0.442 e. The molecule has 0 aromatic heterocycles. The fraction of sp³-hybridized carbons (Fsp3) is 0.364. The molecule has 0 spiro atoms. The van der Waals surface area contributed by atoms with Crippen molar-refractivity contribution in [2.45, 2.75) is 25.9 Å². The maximum absolute atomic E-state index is 11.0. The highest BCUT2D eigenvalue weighted by Crippen LogP contribution is 2.35. The van der Waals surface area contributed by atoms with Crippen molar-refractivity contribution in [1.29, 1.82) is 0 Å². The van der Waals surface area contributed by atoms with E-state index in [1.165, 1.54) is 6.92 Å². The van der Waals surface area contributed by atoms with Gasteiger partial charge in [-0.15, -0.1) is 0 Å². The van der Waals surface area contributed by atoms with Gasteiger partial charge in [0, 0.05) is 6.92 Å². The van der Waals surface area contributed by atoms with Gasteiger partial charge in [0.25, 0.3) is 0 Å². The van der Waals surface area contributed by atoms with Gasteiger partial charge < -0.3 is 9.47 Å². The molecule has 1 aromatic rings. The van der Waals surface area contributed by atoms with Gasteiger partial charge >= 0.3 is 5.91 Å². The van der Waals surface area contributed by atoms with Crippen LogP contribution in [0.3, 0.4) is 0 Å². The van der Waals surface area contributed by atoms with Crippen LogP contribution in [0, 0.1) is 0 Å². The topological polar surface area (TPSA) is 50.9 Å². The molecule has 1 heterocycles. The lowest BCUT2D eigenvalue weighted by Crippen LogP contribution is -2.43. The number of benzene rings is 1. The van der Waals surface area contributed by atoms with Gasteiger partial charge in [-0.05, 0) is 19.1 Å². The second-order valence-corrected chi connectivity index (χ2v) is 3.52. The summed E-state index contributed by atoms with van der Waals surface area (Å²) >= 11 is 0. The highest BCUT2D eigenvalue weighted by Gasteiger charge is 2.58. The molecule has 1 N–H and O–H groups in total. The van der Waals surface area contributed by atoms with Crippen LogP contribution in [0.1, 0.15) is 13.8 Å². The van der Waals surface area contributed by atoms with Crippen molar-refractivity contribution in [3.8, 4) is 5.75 Å². The number of carbonyl (C=O) groups is 1. The molecule has 0 bridgehead atoms. The van der Waals surface area contributed by atoms with E-state index in [1.807, 2.05) is 37.3 Å². The third-order valence-electron chi connectivity index (χ3n) is 2.19. The molecule has 0 aliphatic carbocycles. The molecule has 2 rings (SSSR count). The van der Waals surface area contributed by atoms with Crippen LogP contribution in [0.4, 0.5) is 0 Å². The van der Waals surface area contributed by atoms with E-state index in [-0.39, 0.29) is 12.0 Å². The SMILES string of the molecule is CC(=O)NC1(Oc2ccccc2)OC1C.